The van der Waals surface area contributed by atoms with Gasteiger partial charge in [-0.1, -0.05) is 48.5 Å². The Morgan fingerprint density at radius 2 is 0.558 bits per heavy atom. The number of benzene rings is 2. The number of pyridine rings is 4. The molecule has 16 N–H and O–H groups in total. The molecule has 52 heavy (non-hydrogen) atoms. The van der Waals surface area contributed by atoms with Gasteiger partial charge in [0.2, 0.25) is 0 Å². The molecular formula is C32H40Cd2N4O14+4. The van der Waals surface area contributed by atoms with Crippen LogP contribution in [-0.4, -0.2) is 54.8 Å². The zero-order valence-corrected chi connectivity index (χ0v) is 35.9. The van der Waals surface area contributed by atoms with Gasteiger partial charge in [-0.25, -0.2) is 0 Å². The summed E-state index contributed by atoms with van der Waals surface area (Å²) in [5.74, 6) is -5.47. The fraction of sp³-hybridized carbons (Fsp3) is 0.125. The molecule has 0 amide bonds. The molecule has 0 bridgehead atoms. The van der Waals surface area contributed by atoms with Crippen molar-refractivity contribution < 1.29 is 127 Å². The van der Waals surface area contributed by atoms with E-state index in [1.807, 2.05) is 24.3 Å². The molecule has 0 atom stereocenters. The quantitative estimate of drug-likeness (QED) is 0.0859. The third-order valence-corrected chi connectivity index (χ3v) is 5.76. The van der Waals surface area contributed by atoms with Gasteiger partial charge in [0.05, 0.1) is 22.1 Å². The first kappa shape index (κ1) is 59.7. The SMILES string of the molecule is O.O.O=C([O-])CCC(=O)[O-].O=C([O-])CCC(=O)[O-].[Cd+2].[Cd+2].[OH3+].[OH3+].[OH3+].[OH3+].c1cnc2c(c1)ccc1cccnc12.c1cnc2c(c1)ccc1cccnc12. The van der Waals surface area contributed by atoms with Gasteiger partial charge < -0.3 is 72.5 Å². The van der Waals surface area contributed by atoms with Crippen LogP contribution < -0.4 is 20.4 Å². The monoisotopic (exact) mass is 932 g/mol. The van der Waals surface area contributed by atoms with Gasteiger partial charge in [0.1, 0.15) is 0 Å². The molecule has 6 rings (SSSR count). The summed E-state index contributed by atoms with van der Waals surface area (Å²) in [6, 6.07) is 24.3. The normalized spacial score (nSPS) is 8.46. The fourth-order valence-corrected chi connectivity index (χ4v) is 3.77. The number of rotatable bonds is 6. The molecule has 0 unspecified atom stereocenters. The number of carbonyl (C=O) groups is 4. The van der Waals surface area contributed by atoms with Crippen molar-refractivity contribution in [1.82, 2.24) is 19.9 Å². The second-order valence-electron chi connectivity index (χ2n) is 8.92. The summed E-state index contributed by atoms with van der Waals surface area (Å²) in [5, 5.41) is 42.6. The largest absolute Gasteiger partial charge is 2.00 e. The van der Waals surface area contributed by atoms with Crippen molar-refractivity contribution in [2.45, 2.75) is 25.7 Å². The van der Waals surface area contributed by atoms with Gasteiger partial charge in [-0.15, -0.1) is 0 Å². The fourth-order valence-electron chi connectivity index (χ4n) is 3.77. The van der Waals surface area contributed by atoms with E-state index in [1.54, 1.807) is 24.8 Å². The number of carboxylic acids is 4. The number of hydrogen-bond acceptors (Lipinski definition) is 12. The first-order valence-corrected chi connectivity index (χ1v) is 13.1. The van der Waals surface area contributed by atoms with Gasteiger partial charge >= 0.3 is 54.6 Å². The molecular weight excluding hydrogens is 889 g/mol. The molecule has 4 aromatic heterocycles. The summed E-state index contributed by atoms with van der Waals surface area (Å²) < 4.78 is 0. The molecule has 0 aliphatic heterocycles. The van der Waals surface area contributed by atoms with E-state index in [0.29, 0.717) is 0 Å². The molecule has 20 heteroatoms. The molecule has 0 saturated carbocycles. The van der Waals surface area contributed by atoms with Crippen LogP contribution in [0, 0.1) is 0 Å². The van der Waals surface area contributed by atoms with Gasteiger partial charge in [0.15, 0.2) is 0 Å². The van der Waals surface area contributed by atoms with Crippen LogP contribution in [0.4, 0.5) is 0 Å². The van der Waals surface area contributed by atoms with Gasteiger partial charge in [0.25, 0.3) is 0 Å². The van der Waals surface area contributed by atoms with Crippen LogP contribution in [-0.2, 0) is 95.7 Å². The molecule has 0 radical (unpaired) electrons. The van der Waals surface area contributed by atoms with E-state index < -0.39 is 49.6 Å². The van der Waals surface area contributed by atoms with Crippen molar-refractivity contribution in [2.75, 3.05) is 0 Å². The molecule has 272 valence electrons. The smallest absolute Gasteiger partial charge is 0.550 e. The van der Waals surface area contributed by atoms with E-state index in [9.17, 15) is 39.6 Å². The summed E-state index contributed by atoms with van der Waals surface area (Å²) in [4.78, 5) is 55.4. The zero-order chi connectivity index (χ0) is 31.9. The first-order valence-electron chi connectivity index (χ1n) is 13.1. The maximum absolute atomic E-state index is 9.50. The van der Waals surface area contributed by atoms with Crippen LogP contribution in [0.5, 0.6) is 0 Å². The van der Waals surface area contributed by atoms with Crippen LogP contribution in [0.3, 0.4) is 0 Å². The maximum atomic E-state index is 9.50. The van der Waals surface area contributed by atoms with Crippen LogP contribution >= 0.6 is 0 Å². The summed E-state index contributed by atoms with van der Waals surface area (Å²) in [6.07, 6.45) is 5.33. The number of carbonyl (C=O) groups excluding carboxylic acids is 4. The molecule has 0 saturated heterocycles. The van der Waals surface area contributed by atoms with Crippen LogP contribution in [0.1, 0.15) is 25.7 Å². The Bertz CT molecular complexity index is 1660. The Morgan fingerprint density at radius 1 is 0.385 bits per heavy atom. The number of aromatic nitrogens is 4. The van der Waals surface area contributed by atoms with Gasteiger partial charge in [-0.3, -0.25) is 19.9 Å². The first-order chi connectivity index (χ1) is 21.2. The van der Waals surface area contributed by atoms with E-state index >= 15 is 0 Å². The van der Waals surface area contributed by atoms with Gasteiger partial charge in [-0.2, -0.15) is 0 Å². The number of aliphatic carboxylic acids is 4. The molecule has 0 aliphatic rings. The number of fused-ring (bicyclic) bond motifs is 6. The summed E-state index contributed by atoms with van der Waals surface area (Å²) >= 11 is 0. The van der Waals surface area contributed by atoms with Crippen LogP contribution in [0.25, 0.3) is 43.6 Å². The minimum atomic E-state index is -1.37. The van der Waals surface area contributed by atoms with Crippen LogP contribution in [0.15, 0.2) is 97.6 Å². The minimum absolute atomic E-state index is 0. The number of nitrogens with zero attached hydrogens (tertiary/aromatic N) is 4. The van der Waals surface area contributed by atoms with Crippen molar-refractivity contribution in [3.8, 4) is 0 Å². The van der Waals surface area contributed by atoms with Gasteiger partial charge in [0, 0.05) is 70.2 Å². The Morgan fingerprint density at radius 3 is 0.712 bits per heavy atom. The maximum Gasteiger partial charge on any atom is 2.00 e. The summed E-state index contributed by atoms with van der Waals surface area (Å²) in [7, 11) is 0. The van der Waals surface area contributed by atoms with Crippen molar-refractivity contribution >= 4 is 67.5 Å². The topological polar surface area (TPSA) is 407 Å². The van der Waals surface area contributed by atoms with E-state index in [1.165, 1.54) is 0 Å². The van der Waals surface area contributed by atoms with E-state index in [2.05, 4.69) is 68.5 Å². The predicted molar refractivity (Wildman–Crippen MR) is 179 cm³/mol. The van der Waals surface area contributed by atoms with E-state index in [4.69, 9.17) is 0 Å². The van der Waals surface area contributed by atoms with Crippen molar-refractivity contribution in [3.05, 3.63) is 97.6 Å². The standard InChI is InChI=1S/2C12H8N2.2C4H6O4.2Cd.6H2O/c2*1-3-9-5-6-10-4-2-8-14-12(10)11(9)13-7-1;2*5-3(6)1-2-4(7)8;;;;;;;;/h2*1-8H;2*1-2H2,(H,5,6)(H,7,8);;;6*1H2/q;;;;2*+2;;;;;;. The Labute approximate surface area is 335 Å². The second-order valence-corrected chi connectivity index (χ2v) is 8.92. The third kappa shape index (κ3) is 19.8. The molecule has 0 fully saturated rings. The minimum Gasteiger partial charge on any atom is -0.550 e. The Hall–Kier alpha value is -4.44. The van der Waals surface area contributed by atoms with Crippen molar-refractivity contribution in [2.24, 2.45) is 0 Å². The molecule has 0 aliphatic carbocycles. The number of hydrogen-bond donors (Lipinski definition) is 0. The Balaban J connectivity index is -0.000000133. The van der Waals surface area contributed by atoms with Crippen molar-refractivity contribution in [3.63, 3.8) is 0 Å². The van der Waals surface area contributed by atoms with E-state index in [-0.39, 0.29) is 87.5 Å². The third-order valence-electron chi connectivity index (χ3n) is 5.76. The summed E-state index contributed by atoms with van der Waals surface area (Å²) in [5.41, 5.74) is 3.91. The van der Waals surface area contributed by atoms with Crippen molar-refractivity contribution in [1.29, 1.82) is 0 Å². The molecule has 2 aromatic carbocycles. The molecule has 6 aromatic rings. The number of carboxylic acid groups (broad SMARTS) is 4. The Kier molecular flexibility index (Phi) is 35.9. The average Bonchev–Trinajstić information content (AvgIpc) is 3.03. The molecule has 4 heterocycles. The van der Waals surface area contributed by atoms with E-state index in [0.717, 1.165) is 43.6 Å². The summed E-state index contributed by atoms with van der Waals surface area (Å²) in [6.45, 7) is 0. The molecule has 18 nitrogen and oxygen atoms in total. The molecule has 0 spiro atoms. The predicted octanol–water partition coefficient (Wildman–Crippen LogP) is -5.24. The van der Waals surface area contributed by atoms with Crippen LogP contribution in [0.2, 0.25) is 0 Å². The average molecular weight is 930 g/mol. The zero-order valence-electron chi connectivity index (χ0n) is 27.8. The van der Waals surface area contributed by atoms with Gasteiger partial charge in [-0.05, 0) is 49.9 Å². The second kappa shape index (κ2) is 31.3.